The number of carbonyl (C=O) groups is 1. The summed E-state index contributed by atoms with van der Waals surface area (Å²) in [7, 11) is 0. The summed E-state index contributed by atoms with van der Waals surface area (Å²) in [4.78, 5) is 22.2. The molecule has 0 saturated heterocycles. The molecular formula is C10H7NO5. The van der Waals surface area contributed by atoms with E-state index in [1.165, 1.54) is 12.1 Å². The number of carboxylic acid groups (broad SMARTS) is 1. The van der Waals surface area contributed by atoms with Gasteiger partial charge in [0.1, 0.15) is 11.3 Å². The summed E-state index contributed by atoms with van der Waals surface area (Å²) in [5, 5.41) is 20.2. The van der Waals surface area contributed by atoms with Crippen molar-refractivity contribution in [2.24, 2.45) is 0 Å². The molecule has 0 aliphatic heterocycles. The second-order valence-electron chi connectivity index (χ2n) is 3.06. The first kappa shape index (κ1) is 10.0. The number of H-pyrrole nitrogens is 1. The Bertz CT molecular complexity index is 595. The maximum absolute atomic E-state index is 11.4. The second-order valence-corrected chi connectivity index (χ2v) is 3.06. The second kappa shape index (κ2) is 3.58. The molecule has 16 heavy (non-hydrogen) atoms. The van der Waals surface area contributed by atoms with Crippen LogP contribution in [0.5, 0.6) is 5.75 Å². The van der Waals surface area contributed by atoms with Crippen molar-refractivity contribution >= 4 is 5.97 Å². The van der Waals surface area contributed by atoms with Crippen molar-refractivity contribution in [1.29, 1.82) is 0 Å². The van der Waals surface area contributed by atoms with Gasteiger partial charge in [0, 0.05) is 5.56 Å². The Balaban J connectivity index is 2.74. The van der Waals surface area contributed by atoms with Gasteiger partial charge in [0.2, 0.25) is 0 Å². The quantitative estimate of drug-likeness (QED) is 0.702. The SMILES string of the molecule is O=C(O)c1o[nH]c(=O)c1-c1ccccc1O. The molecule has 3 N–H and O–H groups in total. The fourth-order valence-corrected chi connectivity index (χ4v) is 1.38. The topological polar surface area (TPSA) is 104 Å². The monoisotopic (exact) mass is 221 g/mol. The number of phenolic OH excluding ortho intramolecular Hbond substituents is 1. The molecule has 0 aliphatic carbocycles. The van der Waals surface area contributed by atoms with Crippen LogP contribution < -0.4 is 5.56 Å². The summed E-state index contributed by atoms with van der Waals surface area (Å²) in [6.45, 7) is 0. The zero-order valence-corrected chi connectivity index (χ0v) is 7.93. The number of aromatic amines is 1. The molecule has 6 heteroatoms. The molecular weight excluding hydrogens is 214 g/mol. The van der Waals surface area contributed by atoms with Gasteiger partial charge in [-0.1, -0.05) is 18.2 Å². The van der Waals surface area contributed by atoms with Gasteiger partial charge in [-0.05, 0) is 6.07 Å². The van der Waals surface area contributed by atoms with E-state index < -0.39 is 17.3 Å². The summed E-state index contributed by atoms with van der Waals surface area (Å²) in [6.07, 6.45) is 0. The molecule has 1 aromatic carbocycles. The van der Waals surface area contributed by atoms with Crippen LogP contribution in [0.15, 0.2) is 33.6 Å². The Morgan fingerprint density at radius 1 is 1.31 bits per heavy atom. The molecule has 0 aliphatic rings. The van der Waals surface area contributed by atoms with E-state index in [-0.39, 0.29) is 16.9 Å². The van der Waals surface area contributed by atoms with Crippen molar-refractivity contribution in [1.82, 2.24) is 5.16 Å². The lowest BCUT2D eigenvalue weighted by atomic mass is 10.1. The lowest BCUT2D eigenvalue weighted by Crippen LogP contribution is -2.05. The molecule has 0 radical (unpaired) electrons. The molecule has 0 amide bonds. The van der Waals surface area contributed by atoms with E-state index in [2.05, 4.69) is 4.52 Å². The molecule has 6 nitrogen and oxygen atoms in total. The number of nitrogens with one attached hydrogen (secondary N) is 1. The van der Waals surface area contributed by atoms with Crippen molar-refractivity contribution in [3.05, 3.63) is 40.4 Å². The molecule has 1 aromatic heterocycles. The van der Waals surface area contributed by atoms with E-state index >= 15 is 0 Å². The molecule has 82 valence electrons. The highest BCUT2D eigenvalue weighted by molar-refractivity contribution is 5.93. The van der Waals surface area contributed by atoms with Crippen LogP contribution in [-0.2, 0) is 0 Å². The van der Waals surface area contributed by atoms with E-state index in [1.54, 1.807) is 12.1 Å². The summed E-state index contributed by atoms with van der Waals surface area (Å²) in [5.41, 5.74) is -0.764. The van der Waals surface area contributed by atoms with Gasteiger partial charge >= 0.3 is 5.97 Å². The van der Waals surface area contributed by atoms with Crippen LogP contribution in [0, 0.1) is 0 Å². The Hall–Kier alpha value is -2.50. The summed E-state index contributed by atoms with van der Waals surface area (Å²) in [6, 6.07) is 5.93. The molecule has 0 unspecified atom stereocenters. The predicted molar refractivity (Wildman–Crippen MR) is 53.4 cm³/mol. The Labute approximate surface area is 88.7 Å². The highest BCUT2D eigenvalue weighted by Gasteiger charge is 2.22. The average molecular weight is 221 g/mol. The Morgan fingerprint density at radius 2 is 2.00 bits per heavy atom. The number of rotatable bonds is 2. The molecule has 0 spiro atoms. The largest absolute Gasteiger partial charge is 0.507 e. The fourth-order valence-electron chi connectivity index (χ4n) is 1.38. The molecule has 0 saturated carbocycles. The summed E-state index contributed by atoms with van der Waals surface area (Å²) < 4.78 is 4.52. The number of aromatic nitrogens is 1. The van der Waals surface area contributed by atoms with E-state index in [9.17, 15) is 14.7 Å². The average Bonchev–Trinajstić information content (AvgIpc) is 2.61. The standard InChI is InChI=1S/C10H7NO5/c12-6-4-2-1-3-5(6)7-8(10(14)15)16-11-9(7)13/h1-4,12H,(H,11,13)(H,14,15). The molecule has 2 rings (SSSR count). The van der Waals surface area contributed by atoms with Crippen molar-refractivity contribution in [3.8, 4) is 16.9 Å². The number of phenols is 1. The van der Waals surface area contributed by atoms with Gasteiger partial charge in [-0.3, -0.25) is 4.79 Å². The van der Waals surface area contributed by atoms with Gasteiger partial charge in [0.15, 0.2) is 0 Å². The number of aromatic hydroxyl groups is 1. The van der Waals surface area contributed by atoms with Crippen molar-refractivity contribution < 1.29 is 19.5 Å². The van der Waals surface area contributed by atoms with Crippen molar-refractivity contribution in [3.63, 3.8) is 0 Å². The third kappa shape index (κ3) is 1.46. The van der Waals surface area contributed by atoms with Gasteiger partial charge in [-0.15, -0.1) is 0 Å². The van der Waals surface area contributed by atoms with Crippen LogP contribution >= 0.6 is 0 Å². The zero-order chi connectivity index (χ0) is 11.7. The number of hydrogen-bond acceptors (Lipinski definition) is 4. The molecule has 1 heterocycles. The van der Waals surface area contributed by atoms with Crippen LogP contribution in [0.2, 0.25) is 0 Å². The number of hydrogen-bond donors (Lipinski definition) is 3. The van der Waals surface area contributed by atoms with E-state index in [0.717, 1.165) is 0 Å². The van der Waals surface area contributed by atoms with Crippen LogP contribution in [0.1, 0.15) is 10.6 Å². The van der Waals surface area contributed by atoms with Crippen molar-refractivity contribution in [2.75, 3.05) is 0 Å². The molecule has 2 aromatic rings. The number of carboxylic acids is 1. The number of para-hydroxylation sites is 1. The van der Waals surface area contributed by atoms with Crippen molar-refractivity contribution in [2.45, 2.75) is 0 Å². The van der Waals surface area contributed by atoms with E-state index in [4.69, 9.17) is 5.11 Å². The molecule has 0 fully saturated rings. The summed E-state index contributed by atoms with van der Waals surface area (Å²) >= 11 is 0. The van der Waals surface area contributed by atoms with Crippen LogP contribution in [0.4, 0.5) is 0 Å². The normalized spacial score (nSPS) is 10.2. The Kier molecular flexibility index (Phi) is 2.24. The zero-order valence-electron chi connectivity index (χ0n) is 7.93. The minimum atomic E-state index is -1.38. The molecule has 0 bridgehead atoms. The van der Waals surface area contributed by atoms with Gasteiger partial charge in [0.25, 0.3) is 11.3 Å². The minimum absolute atomic E-state index is 0.120. The third-order valence-corrected chi connectivity index (χ3v) is 2.07. The minimum Gasteiger partial charge on any atom is -0.507 e. The predicted octanol–water partition coefficient (Wildman–Crippen LogP) is 1.04. The maximum Gasteiger partial charge on any atom is 0.375 e. The highest BCUT2D eigenvalue weighted by Crippen LogP contribution is 2.28. The first-order chi connectivity index (χ1) is 7.61. The van der Waals surface area contributed by atoms with Gasteiger partial charge in [-0.2, -0.15) is 5.16 Å². The Morgan fingerprint density at radius 3 is 2.62 bits per heavy atom. The van der Waals surface area contributed by atoms with Crippen LogP contribution in [0.3, 0.4) is 0 Å². The van der Waals surface area contributed by atoms with Crippen LogP contribution in [-0.4, -0.2) is 21.3 Å². The van der Waals surface area contributed by atoms with Gasteiger partial charge < -0.3 is 14.7 Å². The first-order valence-corrected chi connectivity index (χ1v) is 4.34. The van der Waals surface area contributed by atoms with Crippen LogP contribution in [0.25, 0.3) is 11.1 Å². The maximum atomic E-state index is 11.4. The fraction of sp³-hybridized carbons (Fsp3) is 0. The third-order valence-electron chi connectivity index (χ3n) is 2.07. The number of aromatic carboxylic acids is 1. The molecule has 0 atom stereocenters. The lowest BCUT2D eigenvalue weighted by Gasteiger charge is -1.99. The highest BCUT2D eigenvalue weighted by atomic mass is 16.5. The van der Waals surface area contributed by atoms with Gasteiger partial charge in [0.05, 0.1) is 0 Å². The smallest absolute Gasteiger partial charge is 0.375 e. The van der Waals surface area contributed by atoms with E-state index in [0.29, 0.717) is 0 Å². The van der Waals surface area contributed by atoms with Gasteiger partial charge in [-0.25, -0.2) is 4.79 Å². The summed E-state index contributed by atoms with van der Waals surface area (Å²) in [5.74, 6) is -2.08. The first-order valence-electron chi connectivity index (χ1n) is 4.34. The number of benzene rings is 1. The lowest BCUT2D eigenvalue weighted by molar-refractivity contribution is 0.0653. The van der Waals surface area contributed by atoms with E-state index in [1.807, 2.05) is 5.16 Å².